The number of hydrogen-bond donors (Lipinski definition) is 2. The number of H-pyrrole nitrogens is 1. The number of aromatic nitrogens is 4. The van der Waals surface area contributed by atoms with Crippen molar-refractivity contribution in [3.8, 4) is 0 Å². The van der Waals surface area contributed by atoms with Crippen LogP contribution in [0.3, 0.4) is 0 Å². The molecule has 2 rings (SSSR count). The number of hydrogen-bond acceptors (Lipinski definition) is 7. The van der Waals surface area contributed by atoms with Gasteiger partial charge in [-0.3, -0.25) is 4.79 Å². The lowest BCUT2D eigenvalue weighted by Gasteiger charge is -2.35. The van der Waals surface area contributed by atoms with Crippen LogP contribution in [0.25, 0.3) is 0 Å². The Kier molecular flexibility index (Phi) is 5.07. The molecular formula is C13H23N7O2. The first-order chi connectivity index (χ1) is 10.3. The van der Waals surface area contributed by atoms with Crippen LogP contribution in [0.15, 0.2) is 5.10 Å². The van der Waals surface area contributed by atoms with E-state index in [1.807, 2.05) is 20.8 Å². The van der Waals surface area contributed by atoms with Crippen molar-refractivity contribution in [2.24, 2.45) is 5.10 Å². The Morgan fingerprint density at radius 1 is 1.41 bits per heavy atom. The summed E-state index contributed by atoms with van der Waals surface area (Å²) in [6.45, 7) is 9.15. The maximum Gasteiger partial charge on any atom is 0.283 e. The zero-order chi connectivity index (χ0) is 16.2. The van der Waals surface area contributed by atoms with E-state index >= 15 is 0 Å². The number of piperidine rings is 1. The number of anilines is 1. The standard InChI is InChI=1S/C13H23N7O2/c1-9(14-15-12-16-18-19-17-12)11(21)20-7-5-10(6-8-20)22-13(2,3)4/h10H,5-8H2,1-4H3,(H2,15,16,17,18,19)/b14-9+. The minimum absolute atomic E-state index is 0.0924. The molecule has 9 nitrogen and oxygen atoms in total. The van der Waals surface area contributed by atoms with Gasteiger partial charge in [0.05, 0.1) is 11.7 Å². The first-order valence-electron chi connectivity index (χ1n) is 7.36. The van der Waals surface area contributed by atoms with Crippen molar-refractivity contribution in [1.82, 2.24) is 25.5 Å². The van der Waals surface area contributed by atoms with Crippen LogP contribution in [0.2, 0.25) is 0 Å². The Morgan fingerprint density at radius 2 is 2.09 bits per heavy atom. The first kappa shape index (κ1) is 16.3. The van der Waals surface area contributed by atoms with E-state index in [1.54, 1.807) is 11.8 Å². The molecule has 1 aliphatic heterocycles. The average Bonchev–Trinajstić information content (AvgIpc) is 2.96. The van der Waals surface area contributed by atoms with Crippen LogP contribution in [0.4, 0.5) is 5.95 Å². The van der Waals surface area contributed by atoms with Gasteiger partial charge in [-0.2, -0.15) is 10.3 Å². The van der Waals surface area contributed by atoms with Gasteiger partial charge in [0.2, 0.25) is 0 Å². The molecule has 0 aromatic carbocycles. The molecule has 0 unspecified atom stereocenters. The fourth-order valence-corrected chi connectivity index (χ4v) is 2.30. The summed E-state index contributed by atoms with van der Waals surface area (Å²) in [5, 5.41) is 17.1. The second-order valence-corrected chi connectivity index (χ2v) is 6.27. The number of carbonyl (C=O) groups is 1. The highest BCUT2D eigenvalue weighted by atomic mass is 16.5. The van der Waals surface area contributed by atoms with E-state index in [4.69, 9.17) is 4.74 Å². The van der Waals surface area contributed by atoms with Crippen molar-refractivity contribution < 1.29 is 9.53 Å². The van der Waals surface area contributed by atoms with Crippen molar-refractivity contribution >= 4 is 17.6 Å². The predicted octanol–water partition coefficient (Wildman–Crippen LogP) is 0.794. The normalized spacial score (nSPS) is 17.6. The Hall–Kier alpha value is -2.03. The van der Waals surface area contributed by atoms with Crippen molar-refractivity contribution in [2.75, 3.05) is 18.5 Å². The summed E-state index contributed by atoms with van der Waals surface area (Å²) < 4.78 is 5.96. The minimum atomic E-state index is -0.150. The molecule has 1 aromatic heterocycles. The van der Waals surface area contributed by atoms with Gasteiger partial charge in [0, 0.05) is 13.1 Å². The maximum absolute atomic E-state index is 12.3. The van der Waals surface area contributed by atoms with Gasteiger partial charge in [-0.15, -0.1) is 5.10 Å². The van der Waals surface area contributed by atoms with Gasteiger partial charge < -0.3 is 9.64 Å². The lowest BCUT2D eigenvalue weighted by molar-refractivity contribution is -0.129. The number of tetrazole rings is 1. The van der Waals surface area contributed by atoms with Gasteiger partial charge in [0.25, 0.3) is 11.9 Å². The summed E-state index contributed by atoms with van der Waals surface area (Å²) in [6, 6.07) is 0. The number of aromatic amines is 1. The second-order valence-electron chi connectivity index (χ2n) is 6.27. The lowest BCUT2D eigenvalue weighted by atomic mass is 10.1. The summed E-state index contributed by atoms with van der Waals surface area (Å²) in [6.07, 6.45) is 1.89. The molecule has 2 N–H and O–H groups in total. The summed E-state index contributed by atoms with van der Waals surface area (Å²) in [4.78, 5) is 14.1. The highest BCUT2D eigenvalue weighted by molar-refractivity contribution is 6.37. The largest absolute Gasteiger partial charge is 0.372 e. The fourth-order valence-electron chi connectivity index (χ4n) is 2.30. The number of nitrogens with zero attached hydrogens (tertiary/aromatic N) is 5. The van der Waals surface area contributed by atoms with Crippen LogP contribution in [0.1, 0.15) is 40.5 Å². The fraction of sp³-hybridized carbons (Fsp3) is 0.769. The minimum Gasteiger partial charge on any atom is -0.372 e. The SMILES string of the molecule is C/C(=N\Nc1nn[nH]n1)C(=O)N1CCC(OC(C)(C)C)CC1. The second kappa shape index (κ2) is 6.82. The molecule has 9 heteroatoms. The monoisotopic (exact) mass is 309 g/mol. The van der Waals surface area contributed by atoms with Gasteiger partial charge in [-0.1, -0.05) is 5.10 Å². The molecule has 0 radical (unpaired) electrons. The lowest BCUT2D eigenvalue weighted by Crippen LogP contribution is -2.45. The van der Waals surface area contributed by atoms with Crippen LogP contribution in [0, 0.1) is 0 Å². The molecule has 0 bridgehead atoms. The Balaban J connectivity index is 1.82. The summed E-state index contributed by atoms with van der Waals surface area (Å²) in [5.41, 5.74) is 2.80. The Labute approximate surface area is 129 Å². The highest BCUT2D eigenvalue weighted by Gasteiger charge is 2.27. The van der Waals surface area contributed by atoms with E-state index in [-0.39, 0.29) is 23.6 Å². The van der Waals surface area contributed by atoms with Gasteiger partial charge >= 0.3 is 0 Å². The van der Waals surface area contributed by atoms with E-state index < -0.39 is 0 Å². The van der Waals surface area contributed by atoms with Crippen molar-refractivity contribution in [1.29, 1.82) is 0 Å². The summed E-state index contributed by atoms with van der Waals surface area (Å²) >= 11 is 0. The molecule has 122 valence electrons. The molecule has 1 aliphatic rings. The predicted molar refractivity (Wildman–Crippen MR) is 81.3 cm³/mol. The van der Waals surface area contributed by atoms with Crippen LogP contribution >= 0.6 is 0 Å². The third-order valence-electron chi connectivity index (χ3n) is 3.23. The van der Waals surface area contributed by atoms with E-state index in [2.05, 4.69) is 31.2 Å². The van der Waals surface area contributed by atoms with Gasteiger partial charge in [0.1, 0.15) is 5.71 Å². The van der Waals surface area contributed by atoms with Crippen LogP contribution in [-0.2, 0) is 9.53 Å². The van der Waals surface area contributed by atoms with E-state index in [9.17, 15) is 4.79 Å². The summed E-state index contributed by atoms with van der Waals surface area (Å²) in [7, 11) is 0. The van der Waals surface area contributed by atoms with Crippen molar-refractivity contribution in [3.63, 3.8) is 0 Å². The zero-order valence-corrected chi connectivity index (χ0v) is 13.5. The molecule has 1 fully saturated rings. The Bertz CT molecular complexity index is 513. The number of likely N-dealkylation sites (tertiary alicyclic amines) is 1. The highest BCUT2D eigenvalue weighted by Crippen LogP contribution is 2.20. The average molecular weight is 309 g/mol. The molecule has 1 amide bonds. The molecule has 0 spiro atoms. The smallest absolute Gasteiger partial charge is 0.283 e. The topological polar surface area (TPSA) is 108 Å². The van der Waals surface area contributed by atoms with Crippen molar-refractivity contribution in [2.45, 2.75) is 52.2 Å². The molecule has 0 saturated carbocycles. The van der Waals surface area contributed by atoms with Crippen LogP contribution < -0.4 is 5.43 Å². The van der Waals surface area contributed by atoms with Crippen LogP contribution in [-0.4, -0.2) is 61.9 Å². The van der Waals surface area contributed by atoms with Crippen LogP contribution in [0.5, 0.6) is 0 Å². The Morgan fingerprint density at radius 3 is 2.64 bits per heavy atom. The molecule has 0 aliphatic carbocycles. The molecule has 1 aromatic rings. The molecule has 22 heavy (non-hydrogen) atoms. The first-order valence-corrected chi connectivity index (χ1v) is 7.36. The summed E-state index contributed by atoms with van der Waals surface area (Å²) in [5.74, 6) is 0.134. The molecule has 1 saturated heterocycles. The molecular weight excluding hydrogens is 286 g/mol. The number of carbonyl (C=O) groups excluding carboxylic acids is 1. The number of rotatable bonds is 4. The van der Waals surface area contributed by atoms with Gasteiger partial charge in [-0.25, -0.2) is 5.43 Å². The van der Waals surface area contributed by atoms with Crippen molar-refractivity contribution in [3.05, 3.63) is 0 Å². The number of amides is 1. The third-order valence-corrected chi connectivity index (χ3v) is 3.23. The molecule has 2 heterocycles. The van der Waals surface area contributed by atoms with E-state index in [0.29, 0.717) is 18.8 Å². The van der Waals surface area contributed by atoms with E-state index in [0.717, 1.165) is 12.8 Å². The molecule has 0 atom stereocenters. The quantitative estimate of drug-likeness (QED) is 0.629. The maximum atomic E-state index is 12.3. The number of hydrazone groups is 1. The zero-order valence-electron chi connectivity index (χ0n) is 13.5. The number of nitrogens with one attached hydrogen (secondary N) is 2. The third kappa shape index (κ3) is 4.76. The van der Waals surface area contributed by atoms with Gasteiger partial charge in [0.15, 0.2) is 0 Å². The van der Waals surface area contributed by atoms with E-state index in [1.165, 1.54) is 0 Å². The number of ether oxygens (including phenoxy) is 1. The van der Waals surface area contributed by atoms with Gasteiger partial charge in [-0.05, 0) is 45.7 Å².